The van der Waals surface area contributed by atoms with E-state index in [4.69, 9.17) is 9.47 Å². The fourth-order valence-corrected chi connectivity index (χ4v) is 2.63. The van der Waals surface area contributed by atoms with Crippen LogP contribution in [0, 0.1) is 0 Å². The number of aliphatic hydroxyl groups is 1. The van der Waals surface area contributed by atoms with Gasteiger partial charge in [-0.05, 0) is 30.7 Å². The van der Waals surface area contributed by atoms with Crippen molar-refractivity contribution in [3.05, 3.63) is 23.8 Å². The number of benzene rings is 1. The van der Waals surface area contributed by atoms with E-state index in [1.807, 2.05) is 18.2 Å². The Morgan fingerprint density at radius 2 is 1.85 bits per heavy atom. The minimum absolute atomic E-state index is 0.0149. The summed E-state index contributed by atoms with van der Waals surface area (Å²) in [7, 11) is 3.28. The van der Waals surface area contributed by atoms with Gasteiger partial charge in [0.25, 0.3) is 0 Å². The fourth-order valence-electron chi connectivity index (χ4n) is 2.63. The van der Waals surface area contributed by atoms with Crippen molar-refractivity contribution in [3.8, 4) is 11.5 Å². The Labute approximate surface area is 120 Å². The van der Waals surface area contributed by atoms with E-state index in [-0.39, 0.29) is 12.6 Å². The maximum Gasteiger partial charge on any atom is 0.122 e. The highest BCUT2D eigenvalue weighted by Crippen LogP contribution is 2.29. The topological polar surface area (TPSA) is 54.0 Å². The largest absolute Gasteiger partial charge is 0.497 e. The lowest BCUT2D eigenvalue weighted by Gasteiger charge is -2.29. The molecule has 1 saturated heterocycles. The average molecular weight is 280 g/mol. The van der Waals surface area contributed by atoms with E-state index in [1.54, 1.807) is 14.2 Å². The molecule has 1 unspecified atom stereocenters. The van der Waals surface area contributed by atoms with Gasteiger partial charge in [0.1, 0.15) is 11.5 Å². The summed E-state index contributed by atoms with van der Waals surface area (Å²) in [6, 6.07) is 5.78. The molecule has 1 aromatic rings. The van der Waals surface area contributed by atoms with Gasteiger partial charge in [-0.3, -0.25) is 4.90 Å². The Kier molecular flexibility index (Phi) is 5.64. The molecular weight excluding hydrogens is 256 g/mol. The van der Waals surface area contributed by atoms with Gasteiger partial charge in [0.05, 0.1) is 26.9 Å². The van der Waals surface area contributed by atoms with Gasteiger partial charge >= 0.3 is 0 Å². The number of hydrogen-bond donors (Lipinski definition) is 2. The number of methoxy groups -OCH3 is 2. The van der Waals surface area contributed by atoms with Crippen LogP contribution in [-0.4, -0.2) is 57.0 Å². The summed E-state index contributed by atoms with van der Waals surface area (Å²) in [6.07, 6.45) is 1.09. The van der Waals surface area contributed by atoms with Gasteiger partial charge in [-0.25, -0.2) is 0 Å². The zero-order valence-electron chi connectivity index (χ0n) is 12.3. The Bertz CT molecular complexity index is 395. The number of nitrogens with zero attached hydrogens (tertiary/aromatic N) is 1. The van der Waals surface area contributed by atoms with Crippen LogP contribution in [-0.2, 0) is 0 Å². The molecule has 5 heteroatoms. The van der Waals surface area contributed by atoms with E-state index in [0.717, 1.165) is 49.7 Å². The van der Waals surface area contributed by atoms with Crippen LogP contribution in [0.4, 0.5) is 0 Å². The molecular formula is C15H24N2O3. The summed E-state index contributed by atoms with van der Waals surface area (Å²) < 4.78 is 10.6. The van der Waals surface area contributed by atoms with Gasteiger partial charge in [-0.15, -0.1) is 0 Å². The van der Waals surface area contributed by atoms with Crippen LogP contribution >= 0.6 is 0 Å². The average Bonchev–Trinajstić information content (AvgIpc) is 2.77. The molecule has 2 N–H and O–H groups in total. The predicted molar refractivity (Wildman–Crippen MR) is 78.4 cm³/mol. The second-order valence-electron chi connectivity index (χ2n) is 4.98. The van der Waals surface area contributed by atoms with Gasteiger partial charge in [-0.2, -0.15) is 0 Å². The maximum absolute atomic E-state index is 9.81. The van der Waals surface area contributed by atoms with E-state index in [0.29, 0.717) is 0 Å². The third kappa shape index (κ3) is 3.62. The molecule has 0 bridgehead atoms. The highest BCUT2D eigenvalue weighted by Gasteiger charge is 2.21. The molecule has 1 atom stereocenters. The van der Waals surface area contributed by atoms with Crippen molar-refractivity contribution in [2.24, 2.45) is 0 Å². The zero-order chi connectivity index (χ0) is 14.4. The molecule has 1 aliphatic heterocycles. The summed E-state index contributed by atoms with van der Waals surface area (Å²) in [4.78, 5) is 2.31. The molecule has 0 aliphatic carbocycles. The van der Waals surface area contributed by atoms with E-state index in [2.05, 4.69) is 10.2 Å². The lowest BCUT2D eigenvalue weighted by Crippen LogP contribution is -2.34. The normalized spacial score (nSPS) is 18.4. The Balaban J connectivity index is 2.25. The molecule has 5 nitrogen and oxygen atoms in total. The highest BCUT2D eigenvalue weighted by molar-refractivity contribution is 5.40. The lowest BCUT2D eigenvalue weighted by atomic mass is 10.0. The molecule has 0 radical (unpaired) electrons. The van der Waals surface area contributed by atoms with Crippen molar-refractivity contribution in [3.63, 3.8) is 0 Å². The van der Waals surface area contributed by atoms with Crippen molar-refractivity contribution in [1.82, 2.24) is 10.2 Å². The number of aliphatic hydroxyl groups excluding tert-OH is 1. The Morgan fingerprint density at radius 1 is 1.15 bits per heavy atom. The standard InChI is InChI=1S/C15H24N2O3/c1-19-13-8-12(9-14(10-13)20-2)15(11-18)17-6-3-4-16-5-7-17/h8-10,15-16,18H,3-7,11H2,1-2H3. The SMILES string of the molecule is COc1cc(OC)cc(C(CO)N2CCCNCC2)c1. The third-order valence-corrected chi connectivity index (χ3v) is 3.75. The van der Waals surface area contributed by atoms with E-state index >= 15 is 0 Å². The molecule has 0 saturated carbocycles. The minimum Gasteiger partial charge on any atom is -0.497 e. The van der Waals surface area contributed by atoms with E-state index in [9.17, 15) is 5.11 Å². The Hall–Kier alpha value is -1.30. The smallest absolute Gasteiger partial charge is 0.122 e. The zero-order valence-corrected chi connectivity index (χ0v) is 12.3. The summed E-state index contributed by atoms with van der Waals surface area (Å²) >= 11 is 0. The number of ether oxygens (including phenoxy) is 2. The van der Waals surface area contributed by atoms with Gasteiger partial charge in [-0.1, -0.05) is 0 Å². The van der Waals surface area contributed by atoms with Crippen molar-refractivity contribution in [2.45, 2.75) is 12.5 Å². The van der Waals surface area contributed by atoms with Crippen LogP contribution in [0.2, 0.25) is 0 Å². The van der Waals surface area contributed by atoms with Crippen LogP contribution in [0.1, 0.15) is 18.0 Å². The number of nitrogens with one attached hydrogen (secondary N) is 1. The van der Waals surface area contributed by atoms with Crippen LogP contribution in [0.15, 0.2) is 18.2 Å². The molecule has 1 fully saturated rings. The molecule has 112 valence electrons. The summed E-state index contributed by atoms with van der Waals surface area (Å²) in [5.74, 6) is 1.51. The van der Waals surface area contributed by atoms with E-state index < -0.39 is 0 Å². The third-order valence-electron chi connectivity index (χ3n) is 3.75. The first-order valence-corrected chi connectivity index (χ1v) is 7.07. The molecule has 0 spiro atoms. The molecule has 0 aromatic heterocycles. The fraction of sp³-hybridized carbons (Fsp3) is 0.600. The number of hydrogen-bond acceptors (Lipinski definition) is 5. The summed E-state index contributed by atoms with van der Waals surface area (Å²) in [5, 5.41) is 13.2. The molecule has 1 heterocycles. The molecule has 20 heavy (non-hydrogen) atoms. The summed E-state index contributed by atoms with van der Waals surface area (Å²) in [6.45, 7) is 4.01. The monoisotopic (exact) mass is 280 g/mol. The second-order valence-corrected chi connectivity index (χ2v) is 4.98. The van der Waals surface area contributed by atoms with Crippen molar-refractivity contribution in [1.29, 1.82) is 0 Å². The first-order chi connectivity index (χ1) is 9.78. The molecule has 0 amide bonds. The van der Waals surface area contributed by atoms with Crippen molar-refractivity contribution < 1.29 is 14.6 Å². The minimum atomic E-state index is -0.0149. The summed E-state index contributed by atoms with van der Waals surface area (Å²) in [5.41, 5.74) is 1.03. The lowest BCUT2D eigenvalue weighted by molar-refractivity contribution is 0.129. The van der Waals surface area contributed by atoms with Crippen molar-refractivity contribution in [2.75, 3.05) is 47.0 Å². The van der Waals surface area contributed by atoms with Crippen LogP contribution in [0.25, 0.3) is 0 Å². The van der Waals surface area contributed by atoms with Gasteiger partial charge in [0.15, 0.2) is 0 Å². The number of rotatable bonds is 5. The molecule has 1 aliphatic rings. The first-order valence-electron chi connectivity index (χ1n) is 7.07. The molecule has 2 rings (SSSR count). The second kappa shape index (κ2) is 7.47. The predicted octanol–water partition coefficient (Wildman–Crippen LogP) is 1.03. The van der Waals surface area contributed by atoms with Crippen molar-refractivity contribution >= 4 is 0 Å². The van der Waals surface area contributed by atoms with Crippen LogP contribution < -0.4 is 14.8 Å². The Morgan fingerprint density at radius 3 is 2.45 bits per heavy atom. The van der Waals surface area contributed by atoms with Gasteiger partial charge in [0, 0.05) is 25.7 Å². The quantitative estimate of drug-likeness (QED) is 0.844. The maximum atomic E-state index is 9.81. The molecule has 1 aromatic carbocycles. The van der Waals surface area contributed by atoms with Crippen LogP contribution in [0.3, 0.4) is 0 Å². The van der Waals surface area contributed by atoms with Crippen LogP contribution in [0.5, 0.6) is 11.5 Å². The first kappa shape index (κ1) is 15.1. The van der Waals surface area contributed by atoms with Gasteiger partial charge < -0.3 is 19.9 Å². The van der Waals surface area contributed by atoms with E-state index in [1.165, 1.54) is 0 Å². The van der Waals surface area contributed by atoms with Gasteiger partial charge in [0.2, 0.25) is 0 Å². The highest BCUT2D eigenvalue weighted by atomic mass is 16.5.